The first-order valence-electron chi connectivity index (χ1n) is 10.3. The zero-order chi connectivity index (χ0) is 19.8. The van der Waals surface area contributed by atoms with E-state index in [9.17, 15) is 5.11 Å². The highest BCUT2D eigenvalue weighted by atomic mass is 16.3. The van der Waals surface area contributed by atoms with Crippen LogP contribution in [-0.2, 0) is 5.60 Å². The standard InChI is InChI=1S/C26H31NO/c1-3-20-27(21-4-2)25(22-14-8-5-9-15-22)26(28,23-16-10-6-11-17-23)24-18-12-7-13-19-24/h5-19,25,28H,3-4,20-21H2,1-2H3/t25-/m1/s1. The SMILES string of the molecule is CCCN(CCC)[C@H](c1ccccc1)C(O)(c1ccccc1)c1ccccc1. The van der Waals surface area contributed by atoms with E-state index in [1.54, 1.807) is 0 Å². The van der Waals surface area contributed by atoms with Gasteiger partial charge in [-0.05, 0) is 42.6 Å². The molecule has 0 spiro atoms. The van der Waals surface area contributed by atoms with E-state index in [0.29, 0.717) is 0 Å². The third kappa shape index (κ3) is 4.19. The monoisotopic (exact) mass is 373 g/mol. The summed E-state index contributed by atoms with van der Waals surface area (Å²) < 4.78 is 0. The predicted octanol–water partition coefficient (Wildman–Crippen LogP) is 5.79. The van der Waals surface area contributed by atoms with Crippen LogP contribution in [0.25, 0.3) is 0 Å². The lowest BCUT2D eigenvalue weighted by atomic mass is 9.76. The fourth-order valence-corrected chi connectivity index (χ4v) is 4.16. The van der Waals surface area contributed by atoms with Crippen molar-refractivity contribution in [3.8, 4) is 0 Å². The Kier molecular flexibility index (Phi) is 7.02. The molecule has 1 atom stereocenters. The minimum absolute atomic E-state index is 0.168. The summed E-state index contributed by atoms with van der Waals surface area (Å²) in [5, 5.41) is 12.4. The van der Waals surface area contributed by atoms with E-state index < -0.39 is 5.60 Å². The summed E-state index contributed by atoms with van der Waals surface area (Å²) in [7, 11) is 0. The van der Waals surface area contributed by atoms with Crippen molar-refractivity contribution in [1.82, 2.24) is 4.90 Å². The Morgan fingerprint density at radius 1 is 0.679 bits per heavy atom. The van der Waals surface area contributed by atoms with Gasteiger partial charge in [-0.2, -0.15) is 0 Å². The second-order valence-corrected chi connectivity index (χ2v) is 7.35. The summed E-state index contributed by atoms with van der Waals surface area (Å²) in [5.74, 6) is 0. The lowest BCUT2D eigenvalue weighted by Gasteiger charge is -2.44. The van der Waals surface area contributed by atoms with Crippen LogP contribution in [0.4, 0.5) is 0 Å². The van der Waals surface area contributed by atoms with Gasteiger partial charge < -0.3 is 5.11 Å². The number of nitrogens with zero attached hydrogens (tertiary/aromatic N) is 1. The summed E-state index contributed by atoms with van der Waals surface area (Å²) >= 11 is 0. The first kappa shape index (κ1) is 20.3. The summed E-state index contributed by atoms with van der Waals surface area (Å²) in [6, 6.07) is 30.5. The van der Waals surface area contributed by atoms with E-state index in [-0.39, 0.29) is 6.04 Å². The van der Waals surface area contributed by atoms with Gasteiger partial charge in [-0.25, -0.2) is 0 Å². The topological polar surface area (TPSA) is 23.5 Å². The second kappa shape index (κ2) is 9.68. The molecule has 0 saturated heterocycles. The molecule has 0 bridgehead atoms. The lowest BCUT2D eigenvalue weighted by Crippen LogP contribution is -2.45. The quantitative estimate of drug-likeness (QED) is 0.513. The van der Waals surface area contributed by atoms with Crippen LogP contribution in [0.5, 0.6) is 0 Å². The Morgan fingerprint density at radius 3 is 1.46 bits per heavy atom. The summed E-state index contributed by atoms with van der Waals surface area (Å²) in [6.07, 6.45) is 2.09. The Balaban J connectivity index is 2.25. The van der Waals surface area contributed by atoms with Crippen LogP contribution in [0, 0.1) is 0 Å². The molecule has 3 aromatic rings. The van der Waals surface area contributed by atoms with Crippen LogP contribution in [-0.4, -0.2) is 23.1 Å². The number of benzene rings is 3. The number of hydrogen-bond donors (Lipinski definition) is 1. The molecule has 1 N–H and O–H groups in total. The van der Waals surface area contributed by atoms with Crippen molar-refractivity contribution in [1.29, 1.82) is 0 Å². The van der Waals surface area contributed by atoms with Gasteiger partial charge in [0.15, 0.2) is 0 Å². The Labute approximate surface area is 169 Å². The molecule has 0 radical (unpaired) electrons. The summed E-state index contributed by atoms with van der Waals surface area (Å²) in [6.45, 7) is 6.29. The van der Waals surface area contributed by atoms with Gasteiger partial charge in [0.1, 0.15) is 5.60 Å². The fourth-order valence-electron chi connectivity index (χ4n) is 4.16. The van der Waals surface area contributed by atoms with Gasteiger partial charge in [-0.15, -0.1) is 0 Å². The van der Waals surface area contributed by atoms with E-state index in [1.165, 1.54) is 0 Å². The third-order valence-electron chi connectivity index (χ3n) is 5.33. The van der Waals surface area contributed by atoms with Gasteiger partial charge in [-0.1, -0.05) is 105 Å². The summed E-state index contributed by atoms with van der Waals surface area (Å²) in [4.78, 5) is 2.44. The molecule has 0 saturated carbocycles. The van der Waals surface area contributed by atoms with Gasteiger partial charge >= 0.3 is 0 Å². The van der Waals surface area contributed by atoms with Gasteiger partial charge in [0.25, 0.3) is 0 Å². The van der Waals surface area contributed by atoms with Gasteiger partial charge in [0.2, 0.25) is 0 Å². The maximum absolute atomic E-state index is 12.4. The molecule has 2 nitrogen and oxygen atoms in total. The third-order valence-corrected chi connectivity index (χ3v) is 5.33. The lowest BCUT2D eigenvalue weighted by molar-refractivity contribution is -0.0236. The fraction of sp³-hybridized carbons (Fsp3) is 0.308. The highest BCUT2D eigenvalue weighted by molar-refractivity contribution is 5.41. The van der Waals surface area contributed by atoms with Gasteiger partial charge in [0, 0.05) is 0 Å². The molecule has 28 heavy (non-hydrogen) atoms. The van der Waals surface area contributed by atoms with Gasteiger partial charge in [-0.3, -0.25) is 4.90 Å². The first-order chi connectivity index (χ1) is 13.7. The van der Waals surface area contributed by atoms with Crippen molar-refractivity contribution in [3.63, 3.8) is 0 Å². The first-order valence-corrected chi connectivity index (χ1v) is 10.3. The maximum Gasteiger partial charge on any atom is 0.134 e. The van der Waals surface area contributed by atoms with Crippen molar-refractivity contribution in [2.45, 2.75) is 38.3 Å². The van der Waals surface area contributed by atoms with Crippen LogP contribution in [0.15, 0.2) is 91.0 Å². The number of aliphatic hydroxyl groups is 1. The molecule has 0 fully saturated rings. The van der Waals surface area contributed by atoms with Crippen molar-refractivity contribution < 1.29 is 5.11 Å². The molecular formula is C26H31NO. The number of rotatable bonds is 9. The molecule has 0 aliphatic carbocycles. The molecule has 146 valence electrons. The van der Waals surface area contributed by atoms with E-state index in [4.69, 9.17) is 0 Å². The number of hydrogen-bond acceptors (Lipinski definition) is 2. The molecule has 3 aromatic carbocycles. The van der Waals surface area contributed by atoms with E-state index >= 15 is 0 Å². The van der Waals surface area contributed by atoms with Crippen LogP contribution in [0.1, 0.15) is 49.4 Å². The molecule has 0 unspecified atom stereocenters. The second-order valence-electron chi connectivity index (χ2n) is 7.35. The molecule has 0 amide bonds. The van der Waals surface area contributed by atoms with Crippen molar-refractivity contribution in [3.05, 3.63) is 108 Å². The Hall–Kier alpha value is -2.42. The molecule has 0 heterocycles. The minimum Gasteiger partial charge on any atom is -0.378 e. The molecule has 0 aliphatic rings. The van der Waals surface area contributed by atoms with Crippen molar-refractivity contribution in [2.24, 2.45) is 0 Å². The Bertz CT molecular complexity index is 771. The Morgan fingerprint density at radius 2 is 1.07 bits per heavy atom. The van der Waals surface area contributed by atoms with Crippen LogP contribution < -0.4 is 0 Å². The average Bonchev–Trinajstić information content (AvgIpc) is 2.76. The molecule has 3 rings (SSSR count). The van der Waals surface area contributed by atoms with Crippen molar-refractivity contribution in [2.75, 3.05) is 13.1 Å². The smallest absolute Gasteiger partial charge is 0.134 e. The van der Waals surface area contributed by atoms with E-state index in [0.717, 1.165) is 42.6 Å². The highest BCUT2D eigenvalue weighted by Gasteiger charge is 2.43. The average molecular weight is 374 g/mol. The molecular weight excluding hydrogens is 342 g/mol. The normalized spacial score (nSPS) is 12.9. The van der Waals surface area contributed by atoms with Crippen molar-refractivity contribution >= 4 is 0 Å². The van der Waals surface area contributed by atoms with Crippen LogP contribution in [0.2, 0.25) is 0 Å². The zero-order valence-corrected chi connectivity index (χ0v) is 17.0. The maximum atomic E-state index is 12.4. The van der Waals surface area contributed by atoms with Crippen LogP contribution in [0.3, 0.4) is 0 Å². The predicted molar refractivity (Wildman–Crippen MR) is 117 cm³/mol. The largest absolute Gasteiger partial charge is 0.378 e. The van der Waals surface area contributed by atoms with E-state index in [2.05, 4.69) is 43.0 Å². The molecule has 0 aliphatic heterocycles. The van der Waals surface area contributed by atoms with Crippen LogP contribution >= 0.6 is 0 Å². The van der Waals surface area contributed by atoms with E-state index in [1.807, 2.05) is 66.7 Å². The molecule has 2 heteroatoms. The molecule has 0 aromatic heterocycles. The zero-order valence-electron chi connectivity index (χ0n) is 17.0. The van der Waals surface area contributed by atoms with Gasteiger partial charge in [0.05, 0.1) is 6.04 Å². The minimum atomic E-state index is -1.14. The highest BCUT2D eigenvalue weighted by Crippen LogP contribution is 2.44. The summed E-state index contributed by atoms with van der Waals surface area (Å²) in [5.41, 5.74) is 1.84.